The second-order valence-corrected chi connectivity index (χ2v) is 3.75. The van der Waals surface area contributed by atoms with Crippen molar-refractivity contribution in [3.8, 4) is 17.2 Å². The van der Waals surface area contributed by atoms with Crippen LogP contribution in [-0.2, 0) is 0 Å². The maximum absolute atomic E-state index is 8.61. The summed E-state index contributed by atoms with van der Waals surface area (Å²) in [5.41, 5.74) is 4.34. The lowest BCUT2D eigenvalue weighted by Crippen LogP contribution is -2.01. The van der Waals surface area contributed by atoms with Crippen LogP contribution >= 0.6 is 0 Å². The minimum atomic E-state index is 0.282. The first kappa shape index (κ1) is 11.2. The number of nitrogens with one attached hydrogen (secondary N) is 1. The number of nitriles is 1. The number of pyridine rings is 1. The number of aryl methyl sites for hydroxylation is 1. The highest BCUT2D eigenvalue weighted by Crippen LogP contribution is 2.29. The Morgan fingerprint density at radius 3 is 2.82 bits per heavy atom. The third-order valence-corrected chi connectivity index (χ3v) is 2.61. The van der Waals surface area contributed by atoms with E-state index in [4.69, 9.17) is 5.26 Å². The van der Waals surface area contributed by atoms with Gasteiger partial charge in [0.2, 0.25) is 0 Å². The lowest BCUT2D eigenvalue weighted by Gasteiger charge is -2.11. The van der Waals surface area contributed by atoms with E-state index in [0.717, 1.165) is 16.8 Å². The third kappa shape index (κ3) is 2.43. The molecule has 0 amide bonds. The predicted molar refractivity (Wildman–Crippen MR) is 68.5 cm³/mol. The van der Waals surface area contributed by atoms with Crippen LogP contribution in [0.4, 0.5) is 5.69 Å². The zero-order valence-electron chi connectivity index (χ0n) is 9.64. The van der Waals surface area contributed by atoms with Crippen molar-refractivity contribution in [3.05, 3.63) is 48.3 Å². The molecule has 0 fully saturated rings. The Kier molecular flexibility index (Phi) is 3.37. The van der Waals surface area contributed by atoms with E-state index in [1.807, 2.05) is 18.2 Å². The Hall–Kier alpha value is -2.34. The number of hydrogen-bond acceptors (Lipinski definition) is 3. The number of aromatic nitrogens is 1. The molecule has 2 aromatic rings. The molecule has 17 heavy (non-hydrogen) atoms. The quantitative estimate of drug-likeness (QED) is 0.814. The van der Waals surface area contributed by atoms with Crippen molar-refractivity contribution < 1.29 is 0 Å². The van der Waals surface area contributed by atoms with Crippen LogP contribution in [0, 0.1) is 18.3 Å². The minimum absolute atomic E-state index is 0.282. The van der Waals surface area contributed by atoms with Crippen LogP contribution in [0.25, 0.3) is 11.1 Å². The number of hydrogen-bond donors (Lipinski definition) is 1. The average molecular weight is 223 g/mol. The summed E-state index contributed by atoms with van der Waals surface area (Å²) >= 11 is 0. The van der Waals surface area contributed by atoms with Crippen LogP contribution in [0.1, 0.15) is 5.56 Å². The van der Waals surface area contributed by atoms with Crippen LogP contribution in [0.15, 0.2) is 42.7 Å². The molecule has 0 aliphatic heterocycles. The molecule has 0 saturated heterocycles. The topological polar surface area (TPSA) is 48.7 Å². The molecule has 1 aromatic heterocycles. The molecule has 0 aliphatic carbocycles. The Balaban J connectivity index is 2.45. The molecule has 1 aromatic carbocycles. The monoisotopic (exact) mass is 223 g/mol. The Morgan fingerprint density at radius 2 is 2.06 bits per heavy atom. The summed E-state index contributed by atoms with van der Waals surface area (Å²) in [6.45, 7) is 2.36. The van der Waals surface area contributed by atoms with Crippen LogP contribution in [-0.4, -0.2) is 11.5 Å². The molecule has 0 radical (unpaired) electrons. The Morgan fingerprint density at radius 1 is 1.24 bits per heavy atom. The van der Waals surface area contributed by atoms with Crippen LogP contribution in [0.5, 0.6) is 0 Å². The molecule has 1 N–H and O–H groups in total. The molecule has 2 rings (SSSR count). The summed E-state index contributed by atoms with van der Waals surface area (Å²) in [5, 5.41) is 11.7. The molecular formula is C14H13N3. The largest absolute Gasteiger partial charge is 0.371 e. The second-order valence-electron chi connectivity index (χ2n) is 3.75. The van der Waals surface area contributed by atoms with Crippen molar-refractivity contribution in [2.75, 3.05) is 11.9 Å². The molecule has 0 spiro atoms. The van der Waals surface area contributed by atoms with Gasteiger partial charge < -0.3 is 5.32 Å². The zero-order valence-corrected chi connectivity index (χ0v) is 9.64. The zero-order chi connectivity index (χ0) is 12.1. The number of anilines is 1. The maximum Gasteiger partial charge on any atom is 0.103 e. The highest BCUT2D eigenvalue weighted by atomic mass is 14.9. The fourth-order valence-corrected chi connectivity index (χ4v) is 1.78. The van der Waals surface area contributed by atoms with Gasteiger partial charge in [-0.1, -0.05) is 24.3 Å². The average Bonchev–Trinajstić information content (AvgIpc) is 2.37. The van der Waals surface area contributed by atoms with Gasteiger partial charge in [-0.05, 0) is 24.1 Å². The minimum Gasteiger partial charge on any atom is -0.371 e. The summed E-state index contributed by atoms with van der Waals surface area (Å²) in [6.07, 6.45) is 3.51. The van der Waals surface area contributed by atoms with Crippen LogP contribution < -0.4 is 5.32 Å². The summed E-state index contributed by atoms with van der Waals surface area (Å²) in [4.78, 5) is 4.08. The van der Waals surface area contributed by atoms with E-state index in [-0.39, 0.29) is 6.54 Å². The SMILES string of the molecule is Cc1ccccc1-c1ccncc1NCC#N. The predicted octanol–water partition coefficient (Wildman–Crippen LogP) is 2.99. The van der Waals surface area contributed by atoms with E-state index in [1.165, 1.54) is 5.56 Å². The van der Waals surface area contributed by atoms with Crippen molar-refractivity contribution in [3.63, 3.8) is 0 Å². The fourth-order valence-electron chi connectivity index (χ4n) is 1.78. The molecule has 3 heteroatoms. The van der Waals surface area contributed by atoms with Gasteiger partial charge in [0.25, 0.3) is 0 Å². The third-order valence-electron chi connectivity index (χ3n) is 2.61. The lowest BCUT2D eigenvalue weighted by molar-refractivity contribution is 1.26. The molecule has 1 heterocycles. The number of benzene rings is 1. The van der Waals surface area contributed by atoms with E-state index >= 15 is 0 Å². The van der Waals surface area contributed by atoms with E-state index < -0.39 is 0 Å². The first-order valence-electron chi connectivity index (χ1n) is 5.44. The summed E-state index contributed by atoms with van der Waals surface area (Å²) < 4.78 is 0. The first-order chi connectivity index (χ1) is 8.33. The lowest BCUT2D eigenvalue weighted by atomic mass is 10.0. The maximum atomic E-state index is 8.61. The van der Waals surface area contributed by atoms with Gasteiger partial charge in [0.05, 0.1) is 18.0 Å². The molecule has 0 bridgehead atoms. The Labute approximate surface area is 101 Å². The summed E-state index contributed by atoms with van der Waals surface area (Å²) in [6, 6.07) is 12.2. The molecule has 0 saturated carbocycles. The smallest absolute Gasteiger partial charge is 0.103 e. The van der Waals surface area contributed by atoms with Gasteiger partial charge in [-0.15, -0.1) is 0 Å². The van der Waals surface area contributed by atoms with Gasteiger partial charge in [0.15, 0.2) is 0 Å². The van der Waals surface area contributed by atoms with Gasteiger partial charge >= 0.3 is 0 Å². The van der Waals surface area contributed by atoms with Gasteiger partial charge in [-0.2, -0.15) is 5.26 Å². The van der Waals surface area contributed by atoms with Crippen molar-refractivity contribution in [2.24, 2.45) is 0 Å². The first-order valence-corrected chi connectivity index (χ1v) is 5.44. The van der Waals surface area contributed by atoms with Gasteiger partial charge in [-0.3, -0.25) is 4.98 Å². The van der Waals surface area contributed by atoms with E-state index in [9.17, 15) is 0 Å². The summed E-state index contributed by atoms with van der Waals surface area (Å²) in [7, 11) is 0. The molecular weight excluding hydrogens is 210 g/mol. The molecule has 84 valence electrons. The molecule has 0 aliphatic rings. The molecule has 0 unspecified atom stereocenters. The number of rotatable bonds is 3. The van der Waals surface area contributed by atoms with E-state index in [1.54, 1.807) is 12.4 Å². The second kappa shape index (κ2) is 5.13. The normalized spacial score (nSPS) is 9.65. The van der Waals surface area contributed by atoms with Crippen molar-refractivity contribution >= 4 is 5.69 Å². The molecule has 0 atom stereocenters. The highest BCUT2D eigenvalue weighted by molar-refractivity contribution is 5.79. The van der Waals surface area contributed by atoms with Crippen molar-refractivity contribution in [1.29, 1.82) is 5.26 Å². The Bertz CT molecular complexity index is 555. The van der Waals surface area contributed by atoms with Gasteiger partial charge in [0, 0.05) is 11.8 Å². The van der Waals surface area contributed by atoms with Crippen LogP contribution in [0.2, 0.25) is 0 Å². The molecule has 3 nitrogen and oxygen atoms in total. The standard InChI is InChI=1S/C14H13N3/c1-11-4-2-3-5-12(11)13-6-8-16-10-14(13)17-9-7-15/h2-6,8,10,17H,9H2,1H3. The van der Waals surface area contributed by atoms with E-state index in [2.05, 4.69) is 35.4 Å². The van der Waals surface area contributed by atoms with Gasteiger partial charge in [-0.25, -0.2) is 0 Å². The summed E-state index contributed by atoms with van der Waals surface area (Å²) in [5.74, 6) is 0. The fraction of sp³-hybridized carbons (Fsp3) is 0.143. The van der Waals surface area contributed by atoms with Crippen molar-refractivity contribution in [2.45, 2.75) is 6.92 Å². The number of nitrogens with zero attached hydrogens (tertiary/aromatic N) is 2. The highest BCUT2D eigenvalue weighted by Gasteiger charge is 2.06. The van der Waals surface area contributed by atoms with Crippen molar-refractivity contribution in [1.82, 2.24) is 4.98 Å². The van der Waals surface area contributed by atoms with Gasteiger partial charge in [0.1, 0.15) is 6.54 Å². The van der Waals surface area contributed by atoms with E-state index in [0.29, 0.717) is 0 Å². The van der Waals surface area contributed by atoms with Crippen LogP contribution in [0.3, 0.4) is 0 Å².